The van der Waals surface area contributed by atoms with Crippen molar-refractivity contribution in [3.63, 3.8) is 0 Å². The first kappa shape index (κ1) is 51.1. The fourth-order valence-electron chi connectivity index (χ4n) is 9.56. The van der Waals surface area contributed by atoms with Crippen molar-refractivity contribution >= 4 is 94.1 Å². The number of benzene rings is 6. The van der Waals surface area contributed by atoms with E-state index in [0.717, 1.165) is 56.2 Å². The van der Waals surface area contributed by atoms with Gasteiger partial charge in [0, 0.05) is 24.3 Å². The lowest BCUT2D eigenvalue weighted by molar-refractivity contribution is 0.0594. The average molecular weight is 1060 g/mol. The number of hydrogen-bond acceptors (Lipinski definition) is 12. The molecule has 2 N–H and O–H groups in total. The third-order valence-electron chi connectivity index (χ3n) is 13.0. The zero-order valence-electron chi connectivity index (χ0n) is 42.3. The second-order valence-corrected chi connectivity index (χ2v) is 30.1. The molecule has 10 rings (SSSR count). The van der Waals surface area contributed by atoms with Crippen LogP contribution in [0.5, 0.6) is 23.0 Å². The molecule has 0 aliphatic rings. The molecule has 0 aliphatic carbocycles. The summed E-state index contributed by atoms with van der Waals surface area (Å²) < 4.78 is 27.6. The van der Waals surface area contributed by atoms with Gasteiger partial charge < -0.3 is 28.5 Å². The van der Waals surface area contributed by atoms with Gasteiger partial charge in [-0.15, -0.1) is 22.7 Å². The van der Waals surface area contributed by atoms with Gasteiger partial charge >= 0.3 is 28.6 Å². The van der Waals surface area contributed by atoms with Crippen LogP contribution in [0.2, 0.25) is 10.1 Å². The van der Waals surface area contributed by atoms with Crippen molar-refractivity contribution in [2.45, 2.75) is 51.6 Å². The first-order valence-corrected chi connectivity index (χ1v) is 29.3. The smallest absolute Gasteiger partial charge is 0.351 e. The van der Waals surface area contributed by atoms with Crippen molar-refractivity contribution in [3.8, 4) is 33.0 Å². The van der Waals surface area contributed by atoms with E-state index in [0.29, 0.717) is 10.0 Å². The molecular formula is C58H56N4O8S2Si2. The van der Waals surface area contributed by atoms with E-state index in [1.54, 1.807) is 24.8 Å². The molecule has 0 saturated carbocycles. The number of aromatic nitrogens is 4. The number of ether oxygens (including phenoxy) is 2. The summed E-state index contributed by atoms with van der Waals surface area (Å²) in [7, 11) is -2.99. The molecule has 0 atom stereocenters. The topological polar surface area (TPSA) is 147 Å². The molecule has 0 amide bonds. The van der Waals surface area contributed by atoms with Gasteiger partial charge in [0.1, 0.15) is 45.7 Å². The molecular weight excluding hydrogens is 1000 g/mol. The highest BCUT2D eigenvalue weighted by Crippen LogP contribution is 2.41. The highest BCUT2D eigenvalue weighted by molar-refractivity contribution is 7.17. The molecule has 12 nitrogen and oxygen atoms in total. The summed E-state index contributed by atoms with van der Waals surface area (Å²) in [5, 5.41) is 26.3. The minimum atomic E-state index is -2.81. The average Bonchev–Trinajstić information content (AvgIpc) is 4.22. The Morgan fingerprint density at radius 1 is 0.473 bits per heavy atom. The number of carbonyl (C=O) groups is 2. The normalized spacial score (nSPS) is 12.0. The number of aromatic hydroxyl groups is 2. The van der Waals surface area contributed by atoms with Crippen LogP contribution >= 0.6 is 22.7 Å². The van der Waals surface area contributed by atoms with Gasteiger partial charge in [-0.2, -0.15) is 0 Å². The number of rotatable bonds is 12. The fourth-order valence-corrected chi connectivity index (χ4v) is 20.3. The van der Waals surface area contributed by atoms with E-state index >= 15 is 0 Å². The maximum atomic E-state index is 12.0. The van der Waals surface area contributed by atoms with Crippen LogP contribution in [0.1, 0.15) is 60.9 Å². The summed E-state index contributed by atoms with van der Waals surface area (Å²) >= 11 is 2.30. The first-order valence-electron chi connectivity index (χ1n) is 23.9. The second-order valence-electron chi connectivity index (χ2n) is 19.6. The van der Waals surface area contributed by atoms with Gasteiger partial charge in [-0.05, 0) is 55.1 Å². The molecule has 0 aliphatic heterocycles. The van der Waals surface area contributed by atoms with Gasteiger partial charge in [0.15, 0.2) is 9.75 Å². The SMILES string of the molecule is COC(=O)c1sc(-n2cnc3cc(O[Si](c4ccccc4)(c4ccccc4)C(C)(C)C)ccc32)cc1O.COC(=O)c1sc(-n2cnc3ccc(O[Si](c4ccccc4)(c4ccccc4)C(C)(C)C)cc32)cc1O. The Hall–Kier alpha value is -7.77. The van der Waals surface area contributed by atoms with Crippen LogP contribution in [-0.2, 0) is 9.47 Å². The van der Waals surface area contributed by atoms with Gasteiger partial charge in [-0.1, -0.05) is 163 Å². The summed E-state index contributed by atoms with van der Waals surface area (Å²) in [5.41, 5.74) is 3.19. The van der Waals surface area contributed by atoms with E-state index in [4.69, 9.17) is 18.3 Å². The quantitative estimate of drug-likeness (QED) is 0.0895. The molecule has 16 heteroatoms. The fraction of sp³-hybridized carbons (Fsp3) is 0.172. The minimum absolute atomic E-state index is 0.111. The monoisotopic (exact) mass is 1060 g/mol. The number of thiophene rings is 2. The zero-order chi connectivity index (χ0) is 52.4. The summed E-state index contributed by atoms with van der Waals surface area (Å²) in [6, 6.07) is 56.8. The molecule has 0 saturated heterocycles. The lowest BCUT2D eigenvalue weighted by Crippen LogP contribution is -2.68. The Morgan fingerprint density at radius 2 is 0.838 bits per heavy atom. The first-order chi connectivity index (χ1) is 35.5. The number of nitrogens with zero attached hydrogens (tertiary/aromatic N) is 4. The Labute approximate surface area is 440 Å². The molecule has 0 fully saturated rings. The van der Waals surface area contributed by atoms with Crippen LogP contribution in [-0.4, -0.2) is 72.1 Å². The van der Waals surface area contributed by atoms with Crippen molar-refractivity contribution in [3.05, 3.63) is 192 Å². The number of methoxy groups -OCH3 is 2. The molecule has 0 spiro atoms. The summed E-state index contributed by atoms with van der Waals surface area (Å²) in [5.74, 6) is 0.107. The second kappa shape index (κ2) is 20.6. The third-order valence-corrected chi connectivity index (χ3v) is 25.1. The maximum absolute atomic E-state index is 12.0. The van der Waals surface area contributed by atoms with Crippen LogP contribution in [0, 0.1) is 0 Å². The third kappa shape index (κ3) is 9.52. The van der Waals surface area contributed by atoms with Crippen LogP contribution in [0.25, 0.3) is 32.1 Å². The van der Waals surface area contributed by atoms with E-state index in [9.17, 15) is 19.8 Å². The Kier molecular flexibility index (Phi) is 14.3. The number of esters is 2. The van der Waals surface area contributed by atoms with Gasteiger partial charge in [0.05, 0.1) is 36.3 Å². The zero-order valence-corrected chi connectivity index (χ0v) is 45.9. The van der Waals surface area contributed by atoms with Gasteiger partial charge in [0.2, 0.25) is 0 Å². The highest BCUT2D eigenvalue weighted by Gasteiger charge is 2.53. The van der Waals surface area contributed by atoms with E-state index in [1.165, 1.54) is 35.0 Å². The Bertz CT molecular complexity index is 3510. The molecule has 376 valence electrons. The largest absolute Gasteiger partial charge is 0.534 e. The lowest BCUT2D eigenvalue weighted by atomic mass is 10.2. The van der Waals surface area contributed by atoms with Crippen molar-refractivity contribution in [2.24, 2.45) is 0 Å². The van der Waals surface area contributed by atoms with Crippen molar-refractivity contribution in [1.82, 2.24) is 19.1 Å². The number of carbonyl (C=O) groups excluding carboxylic acids is 2. The molecule has 10 aromatic rings. The molecule has 0 bridgehead atoms. The summed E-state index contributed by atoms with van der Waals surface area (Å²) in [4.78, 5) is 33.5. The van der Waals surface area contributed by atoms with Crippen molar-refractivity contribution in [2.75, 3.05) is 14.2 Å². The van der Waals surface area contributed by atoms with Crippen LogP contribution in [0.3, 0.4) is 0 Å². The predicted molar refractivity (Wildman–Crippen MR) is 300 cm³/mol. The molecule has 6 aromatic carbocycles. The number of imidazole rings is 2. The Balaban J connectivity index is 0.000000182. The van der Waals surface area contributed by atoms with E-state index in [1.807, 2.05) is 69.8 Å². The van der Waals surface area contributed by atoms with Gasteiger partial charge in [-0.25, -0.2) is 19.6 Å². The standard InChI is InChI=1S/2C29H28N2O4SSi/c1-29(2,3)37(21-11-7-5-8-12-21,22-13-9-6-10-14-22)35-20-15-16-24-23(17-20)30-19-31(24)26-18-25(32)27(36-26)28(33)34-4;1-29(2,3)37(21-11-7-5-8-12-21,22-13-9-6-10-14-22)35-20-15-16-23-24(17-20)31(19-30-23)26-18-25(32)27(36-26)28(33)34-4/h2*5-19,32H,1-4H3. The van der Waals surface area contributed by atoms with Gasteiger partial charge in [0.25, 0.3) is 0 Å². The molecule has 0 radical (unpaired) electrons. The van der Waals surface area contributed by atoms with Crippen molar-refractivity contribution in [1.29, 1.82) is 0 Å². The van der Waals surface area contributed by atoms with Crippen LogP contribution in [0.15, 0.2) is 183 Å². The number of fused-ring (bicyclic) bond motifs is 2. The molecule has 74 heavy (non-hydrogen) atoms. The predicted octanol–water partition coefficient (Wildman–Crippen LogP) is 11.0. The van der Waals surface area contributed by atoms with E-state index < -0.39 is 28.6 Å². The lowest BCUT2D eigenvalue weighted by Gasteiger charge is -2.43. The van der Waals surface area contributed by atoms with Crippen LogP contribution < -0.4 is 29.6 Å². The molecule has 0 unspecified atom stereocenters. The Morgan fingerprint density at radius 3 is 1.23 bits per heavy atom. The minimum Gasteiger partial charge on any atom is -0.534 e. The number of hydrogen-bond donors (Lipinski definition) is 2. The highest BCUT2D eigenvalue weighted by atomic mass is 32.1. The van der Waals surface area contributed by atoms with Gasteiger partial charge in [-0.3, -0.25) is 9.13 Å². The summed E-state index contributed by atoms with van der Waals surface area (Å²) in [6.07, 6.45) is 3.37. The van der Waals surface area contributed by atoms with E-state index in [-0.39, 0.29) is 31.3 Å². The molecule has 4 heterocycles. The molecule has 4 aromatic heterocycles. The van der Waals surface area contributed by atoms with E-state index in [2.05, 4.69) is 149 Å². The van der Waals surface area contributed by atoms with Crippen molar-refractivity contribution < 1.29 is 38.1 Å². The van der Waals surface area contributed by atoms with Crippen LogP contribution in [0.4, 0.5) is 0 Å². The maximum Gasteiger partial charge on any atom is 0.351 e. The summed E-state index contributed by atoms with van der Waals surface area (Å²) in [6.45, 7) is 13.5.